The van der Waals surface area contributed by atoms with Crippen LogP contribution in [0.25, 0.3) is 33.5 Å². The van der Waals surface area contributed by atoms with Gasteiger partial charge < -0.3 is 10.1 Å². The molecular weight excluding hydrogens is 462 g/mol. The normalized spacial score (nSPS) is 11.0. The molecule has 5 rings (SSSR count). The number of benzene rings is 3. The molecule has 0 saturated carbocycles. The molecule has 2 aromatic heterocycles. The maximum atomic E-state index is 13.5. The molecule has 8 heteroatoms. The number of carbonyl (C=O) groups is 1. The number of carbonyl (C=O) groups excluding carboxylic acids is 1. The Bertz CT molecular complexity index is 1510. The molecule has 0 aliphatic heterocycles. The molecule has 5 aromatic rings. The van der Waals surface area contributed by atoms with E-state index < -0.39 is 0 Å². The largest absolute Gasteiger partial charge is 0.494 e. The molecule has 0 spiro atoms. The number of halogens is 2. The van der Waals surface area contributed by atoms with E-state index in [1.807, 2.05) is 31.2 Å². The summed E-state index contributed by atoms with van der Waals surface area (Å²) in [6.45, 7) is 2.68. The van der Waals surface area contributed by atoms with Crippen LogP contribution in [0.3, 0.4) is 0 Å². The molecule has 2 heterocycles. The molecule has 0 fully saturated rings. The molecule has 0 aliphatic carbocycles. The number of aromatic amines is 1. The third kappa shape index (κ3) is 4.79. The highest BCUT2D eigenvalue weighted by Gasteiger charge is 2.20. The molecule has 1 amide bonds. The molecule has 36 heavy (non-hydrogen) atoms. The average Bonchev–Trinajstić information content (AvgIpc) is 3.33. The summed E-state index contributed by atoms with van der Waals surface area (Å²) in [5, 5.41) is 10.7. The second kappa shape index (κ2) is 9.95. The summed E-state index contributed by atoms with van der Waals surface area (Å²) in [5.41, 5.74) is 4.05. The van der Waals surface area contributed by atoms with Crippen LogP contribution in [0.1, 0.15) is 22.8 Å². The van der Waals surface area contributed by atoms with Crippen molar-refractivity contribution >= 4 is 16.9 Å². The van der Waals surface area contributed by atoms with E-state index in [9.17, 15) is 13.6 Å². The zero-order valence-electron chi connectivity index (χ0n) is 19.4. The summed E-state index contributed by atoms with van der Waals surface area (Å²) in [6.07, 6.45) is 0. The Hall–Kier alpha value is -4.59. The van der Waals surface area contributed by atoms with Gasteiger partial charge in [-0.1, -0.05) is 12.1 Å². The summed E-state index contributed by atoms with van der Waals surface area (Å²) in [6, 6.07) is 21.0. The number of hydrogen-bond acceptors (Lipinski definition) is 4. The maximum Gasteiger partial charge on any atom is 0.252 e. The number of hydrogen-bond donors (Lipinski definition) is 2. The number of amides is 1. The van der Waals surface area contributed by atoms with Crippen LogP contribution in [0.5, 0.6) is 5.75 Å². The van der Waals surface area contributed by atoms with Gasteiger partial charge in [0.05, 0.1) is 28.9 Å². The van der Waals surface area contributed by atoms with Crippen LogP contribution in [0.4, 0.5) is 8.78 Å². The Morgan fingerprint density at radius 2 is 1.56 bits per heavy atom. The van der Waals surface area contributed by atoms with Crippen molar-refractivity contribution in [2.75, 3.05) is 6.61 Å². The van der Waals surface area contributed by atoms with Crippen LogP contribution in [0.2, 0.25) is 0 Å². The van der Waals surface area contributed by atoms with E-state index in [1.165, 1.54) is 24.3 Å². The van der Waals surface area contributed by atoms with Crippen molar-refractivity contribution < 1.29 is 18.3 Å². The molecule has 0 saturated heterocycles. The van der Waals surface area contributed by atoms with Crippen LogP contribution in [0, 0.1) is 11.6 Å². The lowest BCUT2D eigenvalue weighted by molar-refractivity contribution is 0.0952. The zero-order chi connectivity index (χ0) is 25.1. The molecular formula is C28H22F2N4O2. The standard InChI is InChI=1S/C28H22F2N4O2/c1-2-36-22-13-7-18(8-14-22)24-15-23(28(35)31-16-17-3-9-20(29)10-4-17)25-26(33-34-27(25)32-24)19-5-11-21(30)12-6-19/h3-15H,2,16H2,1H3,(H,31,35)(H,32,33,34). The van der Waals surface area contributed by atoms with Gasteiger partial charge in [-0.3, -0.25) is 9.89 Å². The fourth-order valence-electron chi connectivity index (χ4n) is 3.94. The number of pyridine rings is 1. The zero-order valence-corrected chi connectivity index (χ0v) is 19.4. The number of ether oxygens (including phenoxy) is 1. The van der Waals surface area contributed by atoms with Crippen LogP contribution >= 0.6 is 0 Å². The van der Waals surface area contributed by atoms with Gasteiger partial charge in [0, 0.05) is 17.7 Å². The van der Waals surface area contributed by atoms with Crippen molar-refractivity contribution in [1.82, 2.24) is 20.5 Å². The van der Waals surface area contributed by atoms with Gasteiger partial charge in [0.15, 0.2) is 5.65 Å². The van der Waals surface area contributed by atoms with Gasteiger partial charge in [-0.05, 0) is 79.2 Å². The molecule has 0 atom stereocenters. The van der Waals surface area contributed by atoms with Crippen molar-refractivity contribution in [2.24, 2.45) is 0 Å². The molecule has 180 valence electrons. The first-order valence-electron chi connectivity index (χ1n) is 11.4. The number of nitrogens with zero attached hydrogens (tertiary/aromatic N) is 2. The van der Waals surface area contributed by atoms with Crippen molar-refractivity contribution in [2.45, 2.75) is 13.5 Å². The first-order valence-corrected chi connectivity index (χ1v) is 11.4. The summed E-state index contributed by atoms with van der Waals surface area (Å²) in [7, 11) is 0. The second-order valence-electron chi connectivity index (χ2n) is 8.13. The molecule has 3 aromatic carbocycles. The lowest BCUT2D eigenvalue weighted by atomic mass is 10.0. The first-order chi connectivity index (χ1) is 17.5. The first kappa shape index (κ1) is 23.2. The van der Waals surface area contributed by atoms with Crippen LogP contribution in [-0.2, 0) is 6.54 Å². The minimum Gasteiger partial charge on any atom is -0.494 e. The topological polar surface area (TPSA) is 79.9 Å². The Morgan fingerprint density at radius 3 is 2.22 bits per heavy atom. The highest BCUT2D eigenvalue weighted by Crippen LogP contribution is 2.32. The number of fused-ring (bicyclic) bond motifs is 1. The van der Waals surface area contributed by atoms with Gasteiger partial charge in [0.1, 0.15) is 17.4 Å². The van der Waals surface area contributed by atoms with Gasteiger partial charge in [-0.25, -0.2) is 13.8 Å². The monoisotopic (exact) mass is 484 g/mol. The molecule has 0 aliphatic rings. The number of nitrogens with one attached hydrogen (secondary N) is 2. The predicted octanol–water partition coefficient (Wildman–Crippen LogP) is 5.90. The molecule has 0 unspecified atom stereocenters. The SMILES string of the molecule is CCOc1ccc(-c2cc(C(=O)NCc3ccc(F)cc3)c3c(-c4ccc(F)cc4)[nH]nc3n2)cc1. The van der Waals surface area contributed by atoms with E-state index in [4.69, 9.17) is 4.74 Å². The summed E-state index contributed by atoms with van der Waals surface area (Å²) < 4.78 is 32.3. The summed E-state index contributed by atoms with van der Waals surface area (Å²) in [4.78, 5) is 18.1. The minimum atomic E-state index is -0.365. The van der Waals surface area contributed by atoms with E-state index in [2.05, 4.69) is 20.5 Å². The average molecular weight is 485 g/mol. The fraction of sp³-hybridized carbons (Fsp3) is 0.107. The lowest BCUT2D eigenvalue weighted by Crippen LogP contribution is -2.23. The Balaban J connectivity index is 1.57. The van der Waals surface area contributed by atoms with Gasteiger partial charge in [-0.2, -0.15) is 5.10 Å². The van der Waals surface area contributed by atoms with Gasteiger partial charge in [0.2, 0.25) is 0 Å². The number of rotatable bonds is 7. The van der Waals surface area contributed by atoms with Gasteiger partial charge in [-0.15, -0.1) is 0 Å². The third-order valence-corrected chi connectivity index (χ3v) is 5.73. The van der Waals surface area contributed by atoms with E-state index in [1.54, 1.807) is 30.3 Å². The van der Waals surface area contributed by atoms with Crippen LogP contribution < -0.4 is 10.1 Å². The Kier molecular flexibility index (Phi) is 6.40. The summed E-state index contributed by atoms with van der Waals surface area (Å²) in [5.74, 6) is -0.319. The van der Waals surface area contributed by atoms with Gasteiger partial charge in [0.25, 0.3) is 5.91 Å². The number of H-pyrrole nitrogens is 1. The maximum absolute atomic E-state index is 13.5. The Morgan fingerprint density at radius 1 is 0.917 bits per heavy atom. The summed E-state index contributed by atoms with van der Waals surface area (Å²) >= 11 is 0. The molecule has 0 bridgehead atoms. The minimum absolute atomic E-state index is 0.213. The highest BCUT2D eigenvalue weighted by molar-refractivity contribution is 6.10. The Labute approximate surface area is 206 Å². The fourth-order valence-corrected chi connectivity index (χ4v) is 3.94. The quantitative estimate of drug-likeness (QED) is 0.302. The molecule has 2 N–H and O–H groups in total. The smallest absolute Gasteiger partial charge is 0.252 e. The molecule has 6 nitrogen and oxygen atoms in total. The molecule has 0 radical (unpaired) electrons. The number of aromatic nitrogens is 3. The van der Waals surface area contributed by atoms with E-state index >= 15 is 0 Å². The van der Waals surface area contributed by atoms with Crippen molar-refractivity contribution in [3.8, 4) is 28.3 Å². The van der Waals surface area contributed by atoms with Crippen molar-refractivity contribution in [3.63, 3.8) is 0 Å². The highest BCUT2D eigenvalue weighted by atomic mass is 19.1. The van der Waals surface area contributed by atoms with Crippen molar-refractivity contribution in [1.29, 1.82) is 0 Å². The third-order valence-electron chi connectivity index (χ3n) is 5.73. The van der Waals surface area contributed by atoms with E-state index in [0.29, 0.717) is 40.2 Å². The lowest BCUT2D eigenvalue weighted by Gasteiger charge is -2.10. The van der Waals surface area contributed by atoms with Crippen LogP contribution in [0.15, 0.2) is 78.9 Å². The van der Waals surface area contributed by atoms with Crippen LogP contribution in [-0.4, -0.2) is 27.7 Å². The van der Waals surface area contributed by atoms with Gasteiger partial charge >= 0.3 is 0 Å². The van der Waals surface area contributed by atoms with Crippen molar-refractivity contribution in [3.05, 3.63) is 102 Å². The van der Waals surface area contributed by atoms with E-state index in [-0.39, 0.29) is 24.1 Å². The predicted molar refractivity (Wildman–Crippen MR) is 133 cm³/mol. The van der Waals surface area contributed by atoms with E-state index in [0.717, 1.165) is 16.9 Å². The second-order valence-corrected chi connectivity index (χ2v) is 8.13.